The van der Waals surface area contributed by atoms with Crippen LogP contribution in [0.25, 0.3) is 0 Å². The molecule has 2 fully saturated rings. The highest BCUT2D eigenvalue weighted by molar-refractivity contribution is 6.07. The molecule has 4 amide bonds. The van der Waals surface area contributed by atoms with Gasteiger partial charge in [0.1, 0.15) is 11.3 Å². The van der Waals surface area contributed by atoms with Gasteiger partial charge < -0.3 is 15.0 Å². The molecule has 0 bridgehead atoms. The fourth-order valence-electron chi connectivity index (χ4n) is 2.91. The Hall–Kier alpha value is -2.57. The highest BCUT2D eigenvalue weighted by atomic mass is 16.5. The van der Waals surface area contributed by atoms with Crippen molar-refractivity contribution in [3.8, 4) is 5.75 Å². The molecule has 116 valence electrons. The molecule has 2 saturated heterocycles. The van der Waals surface area contributed by atoms with E-state index in [1.807, 2.05) is 0 Å². The number of amides is 4. The lowest BCUT2D eigenvalue weighted by molar-refractivity contribution is -0.125. The van der Waals surface area contributed by atoms with Crippen LogP contribution in [0.3, 0.4) is 0 Å². The zero-order valence-corrected chi connectivity index (χ0v) is 12.2. The van der Waals surface area contributed by atoms with Gasteiger partial charge in [-0.25, -0.2) is 4.79 Å². The molecule has 2 N–H and O–H groups in total. The second-order valence-electron chi connectivity index (χ2n) is 5.51. The van der Waals surface area contributed by atoms with E-state index in [4.69, 9.17) is 4.74 Å². The lowest BCUT2D eigenvalue weighted by atomic mass is 9.87. The van der Waals surface area contributed by atoms with E-state index in [1.54, 1.807) is 36.3 Å². The van der Waals surface area contributed by atoms with Gasteiger partial charge in [-0.2, -0.15) is 0 Å². The van der Waals surface area contributed by atoms with E-state index >= 15 is 0 Å². The lowest BCUT2D eigenvalue weighted by Gasteiger charge is -2.37. The van der Waals surface area contributed by atoms with Crippen LogP contribution >= 0.6 is 0 Å². The summed E-state index contributed by atoms with van der Waals surface area (Å²) in [5.41, 5.74) is -0.308. The van der Waals surface area contributed by atoms with E-state index in [9.17, 15) is 14.4 Å². The van der Waals surface area contributed by atoms with E-state index in [2.05, 4.69) is 10.6 Å². The van der Waals surface area contributed by atoms with Crippen LogP contribution in [-0.4, -0.2) is 48.5 Å². The average Bonchev–Trinajstić information content (AvgIpc) is 2.81. The molecule has 1 aromatic rings. The van der Waals surface area contributed by atoms with Crippen molar-refractivity contribution in [2.24, 2.45) is 0 Å². The minimum atomic E-state index is -0.859. The summed E-state index contributed by atoms with van der Waals surface area (Å²) in [4.78, 5) is 37.4. The minimum Gasteiger partial charge on any atom is -0.497 e. The van der Waals surface area contributed by atoms with Crippen molar-refractivity contribution in [3.63, 3.8) is 0 Å². The Bertz CT molecular complexity index is 635. The lowest BCUT2D eigenvalue weighted by Crippen LogP contribution is -2.55. The molecule has 7 nitrogen and oxygen atoms in total. The third kappa shape index (κ3) is 2.38. The largest absolute Gasteiger partial charge is 0.497 e. The number of likely N-dealkylation sites (tertiary alicyclic amines) is 1. The van der Waals surface area contributed by atoms with Gasteiger partial charge in [0.15, 0.2) is 0 Å². The van der Waals surface area contributed by atoms with E-state index in [1.165, 1.54) is 0 Å². The first-order chi connectivity index (χ1) is 10.5. The van der Waals surface area contributed by atoms with Gasteiger partial charge in [-0.15, -0.1) is 0 Å². The van der Waals surface area contributed by atoms with Crippen molar-refractivity contribution in [1.29, 1.82) is 0 Å². The summed E-state index contributed by atoms with van der Waals surface area (Å²) >= 11 is 0. The highest BCUT2D eigenvalue weighted by Gasteiger charge is 2.48. The topological polar surface area (TPSA) is 87.7 Å². The highest BCUT2D eigenvalue weighted by Crippen LogP contribution is 2.26. The summed E-state index contributed by atoms with van der Waals surface area (Å²) in [6.45, 7) is 0.841. The number of carbonyl (C=O) groups is 3. The maximum absolute atomic E-state index is 12.5. The quantitative estimate of drug-likeness (QED) is 0.779. The summed E-state index contributed by atoms with van der Waals surface area (Å²) in [6, 6.07) is 6.51. The SMILES string of the molecule is COc1cccc(C(=O)N2CCC3(CC2)NC(=O)NC3=O)c1. The number of piperidine rings is 1. The number of ether oxygens (including phenoxy) is 1. The van der Waals surface area contributed by atoms with Crippen molar-refractivity contribution in [2.75, 3.05) is 20.2 Å². The molecule has 0 atom stereocenters. The monoisotopic (exact) mass is 303 g/mol. The van der Waals surface area contributed by atoms with Crippen molar-refractivity contribution in [1.82, 2.24) is 15.5 Å². The number of imide groups is 1. The number of urea groups is 1. The van der Waals surface area contributed by atoms with Gasteiger partial charge in [0, 0.05) is 18.7 Å². The summed E-state index contributed by atoms with van der Waals surface area (Å²) in [7, 11) is 1.55. The van der Waals surface area contributed by atoms with Gasteiger partial charge in [0.25, 0.3) is 11.8 Å². The third-order valence-electron chi connectivity index (χ3n) is 4.24. The predicted octanol–water partition coefficient (Wildman–Crippen LogP) is 0.509. The zero-order valence-electron chi connectivity index (χ0n) is 12.2. The van der Waals surface area contributed by atoms with Crippen LogP contribution in [0, 0.1) is 0 Å². The maximum Gasteiger partial charge on any atom is 0.322 e. The van der Waals surface area contributed by atoms with E-state index in [0.29, 0.717) is 37.2 Å². The Morgan fingerprint density at radius 3 is 2.59 bits per heavy atom. The molecule has 0 unspecified atom stereocenters. The van der Waals surface area contributed by atoms with Gasteiger partial charge in [-0.3, -0.25) is 14.9 Å². The van der Waals surface area contributed by atoms with E-state index < -0.39 is 11.6 Å². The predicted molar refractivity (Wildman–Crippen MR) is 77.5 cm³/mol. The summed E-state index contributed by atoms with van der Waals surface area (Å²) in [6.07, 6.45) is 0.834. The molecule has 2 aliphatic rings. The maximum atomic E-state index is 12.5. The molecule has 2 heterocycles. The third-order valence-corrected chi connectivity index (χ3v) is 4.24. The molecule has 0 saturated carbocycles. The first-order valence-corrected chi connectivity index (χ1v) is 7.11. The molecule has 3 rings (SSSR count). The zero-order chi connectivity index (χ0) is 15.7. The van der Waals surface area contributed by atoms with Crippen LogP contribution < -0.4 is 15.4 Å². The molecule has 22 heavy (non-hydrogen) atoms. The average molecular weight is 303 g/mol. The van der Waals surface area contributed by atoms with Crippen LogP contribution in [0.15, 0.2) is 24.3 Å². The van der Waals surface area contributed by atoms with Crippen LogP contribution in [0.2, 0.25) is 0 Å². The number of nitrogens with one attached hydrogen (secondary N) is 2. The van der Waals surface area contributed by atoms with Crippen molar-refractivity contribution >= 4 is 17.8 Å². The molecule has 0 aromatic heterocycles. The smallest absolute Gasteiger partial charge is 0.322 e. The number of hydrogen-bond acceptors (Lipinski definition) is 4. The fraction of sp³-hybridized carbons (Fsp3) is 0.400. The normalized spacial score (nSPS) is 19.8. The first-order valence-electron chi connectivity index (χ1n) is 7.11. The van der Waals surface area contributed by atoms with Gasteiger partial charge in [-0.1, -0.05) is 6.07 Å². The summed E-state index contributed by atoms with van der Waals surface area (Å²) in [5.74, 6) is 0.228. The number of hydrogen-bond donors (Lipinski definition) is 2. The molecule has 7 heteroatoms. The number of rotatable bonds is 2. The van der Waals surface area contributed by atoms with E-state index in [-0.39, 0.29) is 11.8 Å². The molecule has 1 spiro atoms. The molecule has 0 aliphatic carbocycles. The first kappa shape index (κ1) is 14.4. The van der Waals surface area contributed by atoms with Gasteiger partial charge >= 0.3 is 6.03 Å². The molecular formula is C15H17N3O4. The van der Waals surface area contributed by atoms with Crippen molar-refractivity contribution in [3.05, 3.63) is 29.8 Å². The molecule has 2 aliphatic heterocycles. The Kier molecular flexibility index (Phi) is 3.48. The van der Waals surface area contributed by atoms with Crippen LogP contribution in [0.4, 0.5) is 4.79 Å². The van der Waals surface area contributed by atoms with Gasteiger partial charge in [0.05, 0.1) is 7.11 Å². The number of methoxy groups -OCH3 is 1. The summed E-state index contributed by atoms with van der Waals surface area (Å²) < 4.78 is 5.12. The number of benzene rings is 1. The standard InChI is InChI=1S/C15H17N3O4/c1-22-11-4-2-3-10(9-11)12(19)18-7-5-15(6-8-18)13(20)16-14(21)17-15/h2-4,9H,5-8H2,1H3,(H2,16,17,20,21). The van der Waals surface area contributed by atoms with Crippen LogP contribution in [0.1, 0.15) is 23.2 Å². The Morgan fingerprint density at radius 1 is 1.27 bits per heavy atom. The van der Waals surface area contributed by atoms with Crippen molar-refractivity contribution in [2.45, 2.75) is 18.4 Å². The van der Waals surface area contributed by atoms with E-state index in [0.717, 1.165) is 0 Å². The van der Waals surface area contributed by atoms with Gasteiger partial charge in [-0.05, 0) is 31.0 Å². The molecule has 1 aromatic carbocycles. The second kappa shape index (κ2) is 5.32. The Balaban J connectivity index is 1.69. The second-order valence-corrected chi connectivity index (χ2v) is 5.51. The number of carbonyl (C=O) groups excluding carboxylic acids is 3. The summed E-state index contributed by atoms with van der Waals surface area (Å²) in [5, 5.41) is 4.94. The fourth-order valence-corrected chi connectivity index (χ4v) is 2.91. The number of nitrogens with zero attached hydrogens (tertiary/aromatic N) is 1. The Morgan fingerprint density at radius 2 is 2.00 bits per heavy atom. The van der Waals surface area contributed by atoms with Crippen molar-refractivity contribution < 1.29 is 19.1 Å². The van der Waals surface area contributed by atoms with Gasteiger partial charge in [0.2, 0.25) is 0 Å². The Labute approximate surface area is 127 Å². The molecule has 0 radical (unpaired) electrons. The van der Waals surface area contributed by atoms with Crippen LogP contribution in [-0.2, 0) is 4.79 Å². The van der Waals surface area contributed by atoms with Crippen LogP contribution in [0.5, 0.6) is 5.75 Å². The minimum absolute atomic E-state index is 0.0986. The molecular weight excluding hydrogens is 286 g/mol.